The van der Waals surface area contributed by atoms with E-state index in [0.717, 1.165) is 25.9 Å². The van der Waals surface area contributed by atoms with Crippen molar-refractivity contribution in [2.75, 3.05) is 46.8 Å². The van der Waals surface area contributed by atoms with Crippen LogP contribution >= 0.6 is 0 Å². The van der Waals surface area contributed by atoms with E-state index in [4.69, 9.17) is 0 Å². The lowest BCUT2D eigenvalue weighted by Gasteiger charge is -2.37. The molecule has 0 unspecified atom stereocenters. The Kier molecular flexibility index (Phi) is 4.84. The molecule has 0 aromatic rings. The monoisotopic (exact) mass is 290 g/mol. The van der Waals surface area contributed by atoms with E-state index in [1.807, 2.05) is 14.1 Å². The molecule has 7 heteroatoms. The maximum atomic E-state index is 12.3. The first-order valence-electron chi connectivity index (χ1n) is 7.09. The molecule has 2 fully saturated rings. The second-order valence-electron chi connectivity index (χ2n) is 5.80. The van der Waals surface area contributed by atoms with Crippen molar-refractivity contribution in [3.63, 3.8) is 0 Å². The van der Waals surface area contributed by atoms with Crippen LogP contribution in [0.3, 0.4) is 0 Å². The molecular formula is C12H26N4O2S. The molecule has 1 heterocycles. The Morgan fingerprint density at radius 2 is 1.79 bits per heavy atom. The van der Waals surface area contributed by atoms with E-state index in [9.17, 15) is 8.42 Å². The Bertz CT molecular complexity index is 385. The molecule has 2 N–H and O–H groups in total. The molecule has 0 bridgehead atoms. The van der Waals surface area contributed by atoms with Gasteiger partial charge in [0, 0.05) is 38.3 Å². The van der Waals surface area contributed by atoms with Crippen LogP contribution in [-0.4, -0.2) is 70.0 Å². The molecule has 112 valence electrons. The molecule has 0 amide bonds. The second-order valence-corrected chi connectivity index (χ2v) is 7.56. The van der Waals surface area contributed by atoms with Crippen molar-refractivity contribution in [3.05, 3.63) is 0 Å². The van der Waals surface area contributed by atoms with Crippen molar-refractivity contribution in [1.82, 2.24) is 19.2 Å². The fourth-order valence-electron chi connectivity index (χ4n) is 3.02. The van der Waals surface area contributed by atoms with E-state index in [1.165, 1.54) is 12.8 Å². The number of piperazine rings is 1. The third-order valence-corrected chi connectivity index (χ3v) is 6.04. The Hall–Kier alpha value is -0.210. The standard InChI is InChI=1S/C12H26N4O2S/c1-15(2)12(5-3-4-6-12)11-14-19(17,18)16-9-7-13-8-10-16/h13-14H,3-11H2,1-2H3. The van der Waals surface area contributed by atoms with Crippen LogP contribution in [0.1, 0.15) is 25.7 Å². The number of likely N-dealkylation sites (N-methyl/N-ethyl adjacent to an activating group) is 1. The molecule has 1 aliphatic carbocycles. The van der Waals surface area contributed by atoms with Crippen molar-refractivity contribution < 1.29 is 8.42 Å². The van der Waals surface area contributed by atoms with Crippen molar-refractivity contribution in [3.8, 4) is 0 Å². The lowest BCUT2D eigenvalue weighted by Crippen LogP contribution is -2.55. The maximum absolute atomic E-state index is 12.3. The summed E-state index contributed by atoms with van der Waals surface area (Å²) in [5.74, 6) is 0. The van der Waals surface area contributed by atoms with Crippen molar-refractivity contribution in [2.24, 2.45) is 0 Å². The summed E-state index contributed by atoms with van der Waals surface area (Å²) in [6.45, 7) is 3.11. The number of hydrogen-bond donors (Lipinski definition) is 2. The molecule has 0 aromatic carbocycles. The molecule has 2 rings (SSSR count). The van der Waals surface area contributed by atoms with Crippen LogP contribution in [0.4, 0.5) is 0 Å². The quantitative estimate of drug-likeness (QED) is 0.723. The van der Waals surface area contributed by atoms with Gasteiger partial charge in [0.2, 0.25) is 0 Å². The molecule has 0 spiro atoms. The molecule has 0 atom stereocenters. The Labute approximate surface area is 116 Å². The number of nitrogens with one attached hydrogen (secondary N) is 2. The zero-order valence-corrected chi connectivity index (χ0v) is 12.8. The van der Waals surface area contributed by atoms with E-state index in [1.54, 1.807) is 4.31 Å². The van der Waals surface area contributed by atoms with Gasteiger partial charge in [-0.05, 0) is 26.9 Å². The summed E-state index contributed by atoms with van der Waals surface area (Å²) in [5.41, 5.74) is 0.00110. The molecule has 0 radical (unpaired) electrons. The first-order chi connectivity index (χ1) is 8.96. The summed E-state index contributed by atoms with van der Waals surface area (Å²) in [6, 6.07) is 0. The van der Waals surface area contributed by atoms with Crippen molar-refractivity contribution in [1.29, 1.82) is 0 Å². The molecule has 1 saturated carbocycles. The van der Waals surface area contributed by atoms with Gasteiger partial charge in [0.1, 0.15) is 0 Å². The molecule has 2 aliphatic rings. The molecule has 0 aromatic heterocycles. The van der Waals surface area contributed by atoms with Crippen LogP contribution in [0.15, 0.2) is 0 Å². The highest BCUT2D eigenvalue weighted by atomic mass is 32.2. The van der Waals surface area contributed by atoms with Gasteiger partial charge in [-0.1, -0.05) is 12.8 Å². The van der Waals surface area contributed by atoms with Crippen LogP contribution in [0, 0.1) is 0 Å². The molecule has 6 nitrogen and oxygen atoms in total. The third-order valence-electron chi connectivity index (χ3n) is 4.48. The summed E-state index contributed by atoms with van der Waals surface area (Å²) in [5, 5.41) is 3.17. The highest BCUT2D eigenvalue weighted by molar-refractivity contribution is 7.87. The minimum atomic E-state index is -3.33. The van der Waals surface area contributed by atoms with Crippen LogP contribution in [-0.2, 0) is 10.2 Å². The first kappa shape index (κ1) is 15.2. The van der Waals surface area contributed by atoms with Gasteiger partial charge in [0.25, 0.3) is 10.2 Å². The van der Waals surface area contributed by atoms with Gasteiger partial charge in [-0.2, -0.15) is 12.7 Å². The highest BCUT2D eigenvalue weighted by Gasteiger charge is 2.37. The van der Waals surface area contributed by atoms with Gasteiger partial charge in [0.15, 0.2) is 0 Å². The van der Waals surface area contributed by atoms with Gasteiger partial charge < -0.3 is 10.2 Å². The molecular weight excluding hydrogens is 264 g/mol. The van der Waals surface area contributed by atoms with Crippen LogP contribution < -0.4 is 10.0 Å². The number of rotatable bonds is 5. The van der Waals surface area contributed by atoms with Crippen LogP contribution in [0.2, 0.25) is 0 Å². The third kappa shape index (κ3) is 3.46. The summed E-state index contributed by atoms with van der Waals surface area (Å²) in [4.78, 5) is 2.18. The van der Waals surface area contributed by atoms with Gasteiger partial charge in [-0.3, -0.25) is 0 Å². The second kappa shape index (κ2) is 6.05. The fourth-order valence-corrected chi connectivity index (χ4v) is 4.31. The van der Waals surface area contributed by atoms with Crippen LogP contribution in [0.5, 0.6) is 0 Å². The average molecular weight is 290 g/mol. The predicted octanol–water partition coefficient (Wildman–Crippen LogP) is -0.400. The minimum absolute atomic E-state index is 0.00110. The lowest BCUT2D eigenvalue weighted by molar-refractivity contribution is 0.160. The normalized spacial score (nSPS) is 25.0. The zero-order chi connectivity index (χ0) is 13.9. The molecule has 19 heavy (non-hydrogen) atoms. The summed E-state index contributed by atoms with van der Waals surface area (Å²) in [6.07, 6.45) is 4.52. The zero-order valence-electron chi connectivity index (χ0n) is 12.0. The van der Waals surface area contributed by atoms with E-state index < -0.39 is 10.2 Å². The largest absolute Gasteiger partial charge is 0.314 e. The highest BCUT2D eigenvalue weighted by Crippen LogP contribution is 2.33. The number of hydrogen-bond acceptors (Lipinski definition) is 4. The average Bonchev–Trinajstić information content (AvgIpc) is 2.88. The van der Waals surface area contributed by atoms with Gasteiger partial charge in [-0.25, -0.2) is 4.72 Å². The van der Waals surface area contributed by atoms with E-state index in [2.05, 4.69) is 14.9 Å². The Morgan fingerprint density at radius 3 is 2.32 bits per heavy atom. The predicted molar refractivity (Wildman–Crippen MR) is 76.3 cm³/mol. The first-order valence-corrected chi connectivity index (χ1v) is 8.53. The topological polar surface area (TPSA) is 64.7 Å². The Morgan fingerprint density at radius 1 is 1.21 bits per heavy atom. The van der Waals surface area contributed by atoms with Crippen molar-refractivity contribution in [2.45, 2.75) is 31.2 Å². The Balaban J connectivity index is 1.96. The summed E-state index contributed by atoms with van der Waals surface area (Å²) < 4.78 is 28.9. The minimum Gasteiger partial charge on any atom is -0.314 e. The summed E-state index contributed by atoms with van der Waals surface area (Å²) >= 11 is 0. The van der Waals surface area contributed by atoms with E-state index >= 15 is 0 Å². The smallest absolute Gasteiger partial charge is 0.279 e. The van der Waals surface area contributed by atoms with Crippen molar-refractivity contribution >= 4 is 10.2 Å². The van der Waals surface area contributed by atoms with Gasteiger partial charge >= 0.3 is 0 Å². The maximum Gasteiger partial charge on any atom is 0.279 e. The van der Waals surface area contributed by atoms with Gasteiger partial charge in [0.05, 0.1) is 0 Å². The SMILES string of the molecule is CN(C)C1(CNS(=O)(=O)N2CCNCC2)CCCC1. The fraction of sp³-hybridized carbons (Fsp3) is 1.00. The van der Waals surface area contributed by atoms with E-state index in [-0.39, 0.29) is 5.54 Å². The molecule has 1 saturated heterocycles. The molecule has 1 aliphatic heterocycles. The van der Waals surface area contributed by atoms with Crippen LogP contribution in [0.25, 0.3) is 0 Å². The van der Waals surface area contributed by atoms with Gasteiger partial charge in [-0.15, -0.1) is 0 Å². The summed E-state index contributed by atoms with van der Waals surface area (Å²) in [7, 11) is 0.766. The van der Waals surface area contributed by atoms with E-state index in [0.29, 0.717) is 19.6 Å². The lowest BCUT2D eigenvalue weighted by atomic mass is 9.97. The number of nitrogens with zero attached hydrogens (tertiary/aromatic N) is 2.